The quantitative estimate of drug-likeness (QED) is 0.479. The van der Waals surface area contributed by atoms with Crippen molar-refractivity contribution in [3.05, 3.63) is 27.9 Å². The van der Waals surface area contributed by atoms with Crippen LogP contribution in [0, 0.1) is 10.4 Å². The summed E-state index contributed by atoms with van der Waals surface area (Å²) in [4.78, 5) is 12.4. The van der Waals surface area contributed by atoms with Gasteiger partial charge in [0.1, 0.15) is 18.5 Å². The predicted molar refractivity (Wildman–Crippen MR) is 56.0 cm³/mol. The van der Waals surface area contributed by atoms with Gasteiger partial charge < -0.3 is 15.2 Å². The third-order valence-corrected chi connectivity index (χ3v) is 1.93. The van der Waals surface area contributed by atoms with Gasteiger partial charge in [0.05, 0.1) is 29.6 Å². The minimum atomic E-state index is -0.546. The lowest BCUT2D eigenvalue weighted by molar-refractivity contribution is 0.169. The van der Waals surface area contributed by atoms with Crippen LogP contribution in [0.3, 0.4) is 0 Å². The average Bonchev–Trinajstić information content (AvgIpc) is 2.43. The molecule has 0 unspecified atom stereocenters. The van der Waals surface area contributed by atoms with E-state index >= 15 is 0 Å². The average molecular weight is 312 g/mol. The van der Waals surface area contributed by atoms with Crippen molar-refractivity contribution in [2.24, 2.45) is 7.05 Å². The van der Waals surface area contributed by atoms with Crippen LogP contribution >= 0.6 is 22.6 Å². The van der Waals surface area contributed by atoms with E-state index in [1.54, 1.807) is 0 Å². The van der Waals surface area contributed by atoms with E-state index < -0.39 is 8.88 Å². The highest BCUT2D eigenvalue weighted by molar-refractivity contribution is 14.1. The van der Waals surface area contributed by atoms with Crippen LogP contribution in [-0.4, -0.2) is 13.5 Å². The molecule has 0 atom stereocenters. The van der Waals surface area contributed by atoms with E-state index in [0.717, 1.165) is 0 Å². The Morgan fingerprint density at radius 2 is 2.43 bits per heavy atom. The molecular formula is C6H7IN3O4-. The highest BCUT2D eigenvalue weighted by Crippen LogP contribution is 1.99. The monoisotopic (exact) mass is 312 g/mol. The van der Waals surface area contributed by atoms with E-state index in [0.29, 0.717) is 5.69 Å². The molecule has 0 aliphatic heterocycles. The lowest BCUT2D eigenvalue weighted by Gasteiger charge is -2.11. The maximum atomic E-state index is 10.5. The van der Waals surface area contributed by atoms with Gasteiger partial charge in [-0.25, -0.2) is 14.3 Å². The lowest BCUT2D eigenvalue weighted by atomic mass is 10.5. The van der Waals surface area contributed by atoms with Crippen LogP contribution in [-0.2, 0) is 18.4 Å². The van der Waals surface area contributed by atoms with Gasteiger partial charge in [0.25, 0.3) is 0 Å². The molecule has 8 heteroatoms. The Balaban J connectivity index is 2.91. The van der Waals surface area contributed by atoms with Crippen LogP contribution in [0.4, 0.5) is 4.79 Å². The molecule has 14 heavy (non-hydrogen) atoms. The van der Waals surface area contributed by atoms with E-state index in [9.17, 15) is 15.2 Å². The molecule has 0 aliphatic rings. The maximum absolute atomic E-state index is 10.5. The lowest BCUT2D eigenvalue weighted by Crippen LogP contribution is -2.28. The van der Waals surface area contributed by atoms with Gasteiger partial charge in [-0.3, -0.25) is 4.90 Å². The first-order chi connectivity index (χ1) is 6.52. The van der Waals surface area contributed by atoms with Crippen LogP contribution < -0.4 is 10.5 Å². The van der Waals surface area contributed by atoms with Gasteiger partial charge in [0.15, 0.2) is 0 Å². The molecule has 0 radical (unpaired) electrons. The third-order valence-electron chi connectivity index (χ3n) is 1.62. The Hall–Kier alpha value is -1.19. The zero-order chi connectivity index (χ0) is 10.7. The van der Waals surface area contributed by atoms with Crippen molar-refractivity contribution >= 4 is 26.6 Å². The van der Waals surface area contributed by atoms with Crippen molar-refractivity contribution in [1.82, 2.24) is 14.5 Å². The molecule has 0 aromatic carbocycles. The summed E-state index contributed by atoms with van der Waals surface area (Å²) in [5.41, 5.74) is 0.381. The van der Waals surface area contributed by atoms with Gasteiger partial charge in [0.2, 0.25) is 0 Å². The number of hydrogen-bond donors (Lipinski definition) is 1. The zero-order valence-corrected chi connectivity index (χ0v) is 9.35. The topological polar surface area (TPSA) is 96.1 Å². The molecule has 7 nitrogen and oxygen atoms in total. The fourth-order valence-corrected chi connectivity index (χ4v) is 1.08. The fourth-order valence-electron chi connectivity index (χ4n) is 0.922. The number of aromatic nitrogens is 2. The summed E-state index contributed by atoms with van der Waals surface area (Å²) in [5, 5.41) is 20.8. The summed E-state index contributed by atoms with van der Waals surface area (Å²) >= 11 is 1.49. The summed E-state index contributed by atoms with van der Waals surface area (Å²) in [7, 11) is 1.52. The maximum Gasteiger partial charge on any atom is 0.367 e. The first-order valence-electron chi connectivity index (χ1n) is 3.55. The highest BCUT2D eigenvalue weighted by Gasteiger charge is 2.08. The molecule has 0 aliphatic carbocycles. The first-order valence-corrected chi connectivity index (χ1v) is 4.63. The van der Waals surface area contributed by atoms with Crippen molar-refractivity contribution in [2.45, 2.75) is 6.61 Å². The van der Waals surface area contributed by atoms with Gasteiger partial charge in [-0.05, 0) is 0 Å². The van der Waals surface area contributed by atoms with Crippen molar-refractivity contribution in [2.75, 3.05) is 0 Å². The van der Waals surface area contributed by atoms with Crippen molar-refractivity contribution < 1.29 is 9.53 Å². The standard InChI is InChI=1S/C6H7IN3O4/c1-9-4(3-14-5(7)11)2-8-6(9)10(12)13/h2,8H,3H2,1H3/q-1. The second kappa shape index (κ2) is 4.35. The van der Waals surface area contributed by atoms with E-state index in [-0.39, 0.29) is 12.2 Å². The molecule has 1 heterocycles. The zero-order valence-electron chi connectivity index (χ0n) is 7.19. The molecular weight excluding hydrogens is 305 g/mol. The minimum Gasteiger partial charge on any atom is -0.744 e. The highest BCUT2D eigenvalue weighted by atomic mass is 127. The van der Waals surface area contributed by atoms with Gasteiger partial charge in [-0.1, -0.05) is 0 Å². The molecule has 0 spiro atoms. The Morgan fingerprint density at radius 1 is 1.79 bits per heavy atom. The molecule has 0 saturated carbocycles. The summed E-state index contributed by atoms with van der Waals surface area (Å²) in [6.45, 7) is 0.0165. The molecule has 1 rings (SSSR count). The second-order valence-corrected chi connectivity index (χ2v) is 3.33. The van der Waals surface area contributed by atoms with Gasteiger partial charge in [0, 0.05) is 0 Å². The number of carbonyl (C=O) groups is 1. The minimum absolute atomic E-state index is 0.0165. The van der Waals surface area contributed by atoms with E-state index in [1.165, 1.54) is 40.4 Å². The Kier molecular flexibility index (Phi) is 3.38. The first kappa shape index (κ1) is 10.9. The van der Waals surface area contributed by atoms with Crippen molar-refractivity contribution in [3.63, 3.8) is 0 Å². The van der Waals surface area contributed by atoms with Crippen LogP contribution in [0.15, 0.2) is 6.20 Å². The van der Waals surface area contributed by atoms with Gasteiger partial charge >= 0.3 is 9.59 Å². The Labute approximate surface area is 92.3 Å². The number of aromatic amines is 1. The van der Waals surface area contributed by atoms with Crippen LogP contribution in [0.2, 0.25) is 0 Å². The van der Waals surface area contributed by atoms with Crippen LogP contribution in [0.1, 0.15) is 5.69 Å². The molecule has 0 amide bonds. The number of halogens is 1. The molecule has 0 fully saturated rings. The number of nitrogens with zero attached hydrogens (tertiary/aromatic N) is 2. The Bertz CT molecular complexity index is 403. The fraction of sp³-hybridized carbons (Fsp3) is 0.333. The summed E-state index contributed by atoms with van der Waals surface area (Å²) < 4.78 is 5.55. The van der Waals surface area contributed by atoms with Gasteiger partial charge in [-0.2, -0.15) is 0 Å². The summed E-state index contributed by atoms with van der Waals surface area (Å²) in [5.74, 6) is 0. The number of imidazole rings is 1. The SMILES string of the molecule is Cn1c(COC(=O)I)c[nH]c1=[N+]([O-])[O-]. The smallest absolute Gasteiger partial charge is 0.367 e. The van der Waals surface area contributed by atoms with Gasteiger partial charge in [-0.15, -0.1) is 0 Å². The van der Waals surface area contributed by atoms with E-state index in [1.807, 2.05) is 0 Å². The number of ether oxygens (including phenoxy) is 1. The van der Waals surface area contributed by atoms with E-state index in [2.05, 4.69) is 9.72 Å². The van der Waals surface area contributed by atoms with E-state index in [4.69, 9.17) is 0 Å². The summed E-state index contributed by atoms with van der Waals surface area (Å²) in [6, 6.07) is 0. The molecule has 0 saturated heterocycles. The molecule has 0 bridgehead atoms. The normalized spacial score (nSPS) is 9.86. The number of nitrogens with one attached hydrogen (secondary N) is 1. The summed E-state index contributed by atoms with van der Waals surface area (Å²) in [6.07, 6.45) is 1.43. The van der Waals surface area contributed by atoms with Crippen LogP contribution in [0.5, 0.6) is 0 Å². The molecule has 78 valence electrons. The number of rotatable bonds is 2. The number of carbonyl (C=O) groups excluding carboxylic acids is 1. The second-order valence-electron chi connectivity index (χ2n) is 2.45. The Morgan fingerprint density at radius 3 is 2.86 bits per heavy atom. The van der Waals surface area contributed by atoms with Crippen molar-refractivity contribution in [3.8, 4) is 0 Å². The molecule has 1 aromatic rings. The largest absolute Gasteiger partial charge is 0.744 e. The van der Waals surface area contributed by atoms with Crippen LogP contribution in [0.25, 0.3) is 0 Å². The molecule has 1 N–H and O–H groups in total. The predicted octanol–water partition coefficient (Wildman–Crippen LogP) is 0.193. The molecule has 1 aromatic heterocycles. The number of hydrogen-bond acceptors (Lipinski definition) is 4. The number of H-pyrrole nitrogens is 1. The third kappa shape index (κ3) is 2.40. The van der Waals surface area contributed by atoms with Crippen molar-refractivity contribution in [1.29, 1.82) is 0 Å².